The third-order valence-electron chi connectivity index (χ3n) is 6.59. The van der Waals surface area contributed by atoms with Gasteiger partial charge in [0.1, 0.15) is 30.8 Å². The lowest BCUT2D eigenvalue weighted by atomic mass is 9.96. The van der Waals surface area contributed by atoms with Gasteiger partial charge in [-0.1, -0.05) is 12.5 Å². The number of piperidine rings is 1. The molecule has 162 valence electrons. The van der Waals surface area contributed by atoms with Crippen molar-refractivity contribution >= 4 is 11.0 Å². The van der Waals surface area contributed by atoms with Gasteiger partial charge in [-0.05, 0) is 56.5 Å². The molecule has 2 aromatic carbocycles. The Morgan fingerprint density at radius 2 is 1.77 bits per heavy atom. The van der Waals surface area contributed by atoms with Crippen molar-refractivity contribution in [1.82, 2.24) is 4.90 Å². The van der Waals surface area contributed by atoms with Gasteiger partial charge in [-0.3, -0.25) is 9.69 Å². The molecule has 31 heavy (non-hydrogen) atoms. The molecule has 0 aliphatic carbocycles. The van der Waals surface area contributed by atoms with E-state index in [2.05, 4.69) is 18.7 Å². The highest BCUT2D eigenvalue weighted by molar-refractivity contribution is 5.86. The second-order valence-corrected chi connectivity index (χ2v) is 8.58. The minimum absolute atomic E-state index is 0.126. The van der Waals surface area contributed by atoms with Crippen LogP contribution in [0.4, 0.5) is 0 Å². The fourth-order valence-corrected chi connectivity index (χ4v) is 4.78. The Balaban J connectivity index is 1.57. The Kier molecular flexibility index (Phi) is 5.10. The van der Waals surface area contributed by atoms with Crippen LogP contribution in [0.1, 0.15) is 38.7 Å². The molecule has 0 bridgehead atoms. The molecule has 0 unspecified atom stereocenters. The maximum Gasteiger partial charge on any atom is 0.200 e. The van der Waals surface area contributed by atoms with Crippen molar-refractivity contribution in [1.29, 1.82) is 0 Å². The van der Waals surface area contributed by atoms with Crippen LogP contribution in [0.5, 0.6) is 17.2 Å². The standard InChI is InChI=1S/C25H27NO5/c1-15-4-3-5-16(2)26(15)13-19-21(27)8-7-18-24(28)20(14-31-25(18)19)17-6-9-22-23(12-17)30-11-10-29-22/h6-9,12,14-16,27H,3-5,10-11,13H2,1-2H3/t15-,16-/m0/s1. The van der Waals surface area contributed by atoms with Crippen molar-refractivity contribution in [3.05, 3.63) is 52.4 Å². The summed E-state index contributed by atoms with van der Waals surface area (Å²) in [6.07, 6.45) is 4.97. The molecule has 0 spiro atoms. The van der Waals surface area contributed by atoms with Crippen LogP contribution in [-0.4, -0.2) is 35.3 Å². The topological polar surface area (TPSA) is 72.1 Å². The largest absolute Gasteiger partial charge is 0.507 e. The van der Waals surface area contributed by atoms with Crippen LogP contribution in [0.3, 0.4) is 0 Å². The number of hydrogen-bond acceptors (Lipinski definition) is 6. The molecular weight excluding hydrogens is 394 g/mol. The summed E-state index contributed by atoms with van der Waals surface area (Å²) in [7, 11) is 0. The van der Waals surface area contributed by atoms with Gasteiger partial charge in [-0.2, -0.15) is 0 Å². The first-order chi connectivity index (χ1) is 15.0. The van der Waals surface area contributed by atoms with E-state index in [9.17, 15) is 9.90 Å². The number of hydrogen-bond donors (Lipinski definition) is 1. The predicted molar refractivity (Wildman–Crippen MR) is 119 cm³/mol. The molecule has 5 rings (SSSR count). The molecule has 3 heterocycles. The molecule has 3 aromatic rings. The van der Waals surface area contributed by atoms with E-state index in [1.165, 1.54) is 12.7 Å². The van der Waals surface area contributed by atoms with Gasteiger partial charge in [0.25, 0.3) is 0 Å². The Morgan fingerprint density at radius 3 is 2.55 bits per heavy atom. The molecule has 2 aliphatic heterocycles. The third-order valence-corrected chi connectivity index (χ3v) is 6.59. The molecule has 2 atom stereocenters. The lowest BCUT2D eigenvalue weighted by Gasteiger charge is -2.39. The molecule has 1 saturated heterocycles. The summed E-state index contributed by atoms with van der Waals surface area (Å²) in [6.45, 7) is 5.99. The van der Waals surface area contributed by atoms with Crippen LogP contribution in [0, 0.1) is 0 Å². The molecule has 1 fully saturated rings. The first kappa shape index (κ1) is 19.9. The van der Waals surface area contributed by atoms with Gasteiger partial charge in [0.2, 0.25) is 5.43 Å². The molecule has 0 radical (unpaired) electrons. The molecular formula is C25H27NO5. The SMILES string of the molecule is C[C@H]1CCC[C@H](C)N1Cc1c(O)ccc2c(=O)c(-c3ccc4c(c3)OCCO4)coc12. The van der Waals surface area contributed by atoms with E-state index in [4.69, 9.17) is 13.9 Å². The number of benzene rings is 2. The van der Waals surface area contributed by atoms with Gasteiger partial charge in [-0.15, -0.1) is 0 Å². The fraction of sp³-hybridized carbons (Fsp3) is 0.400. The average Bonchev–Trinajstić information content (AvgIpc) is 2.77. The van der Waals surface area contributed by atoms with Crippen LogP contribution in [-0.2, 0) is 6.54 Å². The highest BCUT2D eigenvalue weighted by Gasteiger charge is 2.27. The third kappa shape index (κ3) is 3.55. The normalized spacial score (nSPS) is 21.4. The smallest absolute Gasteiger partial charge is 0.200 e. The van der Waals surface area contributed by atoms with E-state index in [1.54, 1.807) is 12.1 Å². The summed E-state index contributed by atoms with van der Waals surface area (Å²) in [5.74, 6) is 1.47. The van der Waals surface area contributed by atoms with Gasteiger partial charge >= 0.3 is 0 Å². The van der Waals surface area contributed by atoms with E-state index < -0.39 is 0 Å². The Bertz CT molecular complexity index is 1170. The second kappa shape index (κ2) is 7.93. The van der Waals surface area contributed by atoms with E-state index >= 15 is 0 Å². The van der Waals surface area contributed by atoms with Gasteiger partial charge in [-0.25, -0.2) is 0 Å². The van der Waals surface area contributed by atoms with Crippen molar-refractivity contribution in [2.75, 3.05) is 13.2 Å². The summed E-state index contributed by atoms with van der Waals surface area (Å²) >= 11 is 0. The molecule has 0 amide bonds. The number of aromatic hydroxyl groups is 1. The number of fused-ring (bicyclic) bond motifs is 2. The van der Waals surface area contributed by atoms with Crippen LogP contribution in [0.2, 0.25) is 0 Å². The molecule has 1 N–H and O–H groups in total. The first-order valence-electron chi connectivity index (χ1n) is 10.9. The van der Waals surface area contributed by atoms with Crippen molar-refractivity contribution in [3.63, 3.8) is 0 Å². The monoisotopic (exact) mass is 421 g/mol. The molecule has 6 heteroatoms. The fourth-order valence-electron chi connectivity index (χ4n) is 4.78. The van der Waals surface area contributed by atoms with E-state index in [-0.39, 0.29) is 11.2 Å². The lowest BCUT2D eigenvalue weighted by Crippen LogP contribution is -2.43. The lowest BCUT2D eigenvalue weighted by molar-refractivity contribution is 0.0945. The summed E-state index contributed by atoms with van der Waals surface area (Å²) in [5.41, 5.74) is 2.17. The van der Waals surface area contributed by atoms with Crippen LogP contribution in [0.15, 0.2) is 45.8 Å². The maximum atomic E-state index is 13.4. The number of rotatable bonds is 3. The van der Waals surface area contributed by atoms with Crippen LogP contribution < -0.4 is 14.9 Å². The molecule has 2 aliphatic rings. The van der Waals surface area contributed by atoms with Crippen LogP contribution >= 0.6 is 0 Å². The number of ether oxygens (including phenoxy) is 2. The summed E-state index contributed by atoms with van der Waals surface area (Å²) in [6, 6.07) is 9.54. The number of nitrogens with zero attached hydrogens (tertiary/aromatic N) is 1. The summed E-state index contributed by atoms with van der Waals surface area (Å²) in [4.78, 5) is 15.7. The number of phenols is 1. The Labute approximate surface area is 181 Å². The van der Waals surface area contributed by atoms with Crippen LogP contribution in [0.25, 0.3) is 22.1 Å². The van der Waals surface area contributed by atoms with Crippen molar-refractivity contribution < 1.29 is 19.0 Å². The number of phenolic OH excluding ortho intramolecular Hbond substituents is 1. The minimum Gasteiger partial charge on any atom is -0.507 e. The molecule has 1 aromatic heterocycles. The quantitative estimate of drug-likeness (QED) is 0.661. The summed E-state index contributed by atoms with van der Waals surface area (Å²) < 4.78 is 17.2. The van der Waals surface area contributed by atoms with E-state index in [1.807, 2.05) is 18.2 Å². The summed E-state index contributed by atoms with van der Waals surface area (Å²) in [5, 5.41) is 11.1. The van der Waals surface area contributed by atoms with Gasteiger partial charge in [0, 0.05) is 18.6 Å². The maximum absolute atomic E-state index is 13.4. The first-order valence-corrected chi connectivity index (χ1v) is 10.9. The predicted octanol–water partition coefficient (Wildman–Crippen LogP) is 4.70. The zero-order valence-electron chi connectivity index (χ0n) is 17.9. The zero-order chi connectivity index (χ0) is 21.5. The zero-order valence-corrected chi connectivity index (χ0v) is 17.9. The van der Waals surface area contributed by atoms with E-state index in [0.29, 0.717) is 71.0 Å². The molecule has 0 saturated carbocycles. The van der Waals surface area contributed by atoms with Gasteiger partial charge < -0.3 is 19.0 Å². The van der Waals surface area contributed by atoms with Crippen molar-refractivity contribution in [3.8, 4) is 28.4 Å². The number of likely N-dealkylation sites (tertiary alicyclic amines) is 1. The Hall–Kier alpha value is -2.99. The highest BCUT2D eigenvalue weighted by atomic mass is 16.6. The van der Waals surface area contributed by atoms with Gasteiger partial charge in [0.05, 0.1) is 16.5 Å². The van der Waals surface area contributed by atoms with Crippen molar-refractivity contribution in [2.45, 2.75) is 51.7 Å². The second-order valence-electron chi connectivity index (χ2n) is 8.58. The van der Waals surface area contributed by atoms with E-state index in [0.717, 1.165) is 12.8 Å². The minimum atomic E-state index is -0.126. The van der Waals surface area contributed by atoms with Gasteiger partial charge in [0.15, 0.2) is 11.5 Å². The Morgan fingerprint density at radius 1 is 1.03 bits per heavy atom. The molecule has 6 nitrogen and oxygen atoms in total. The highest BCUT2D eigenvalue weighted by Crippen LogP contribution is 2.36. The van der Waals surface area contributed by atoms with Crippen molar-refractivity contribution in [2.24, 2.45) is 0 Å². The average molecular weight is 421 g/mol.